The van der Waals surface area contributed by atoms with Crippen LogP contribution in [0.3, 0.4) is 0 Å². The minimum atomic E-state index is -1.67. The van der Waals surface area contributed by atoms with E-state index in [0.717, 1.165) is 0 Å². The van der Waals surface area contributed by atoms with Crippen LogP contribution in [-0.2, 0) is 0 Å². The van der Waals surface area contributed by atoms with Gasteiger partial charge in [0.1, 0.15) is 24.4 Å². The molecule has 0 bridgehead atoms. The SMILES string of the molecule is CC(C)(O)O.OCC(O)C(O)C(O)C(O)CO. The second kappa shape index (κ2) is 8.72. The van der Waals surface area contributed by atoms with E-state index in [1.807, 2.05) is 0 Å². The highest BCUT2D eigenvalue weighted by Gasteiger charge is 2.29. The molecule has 106 valence electrons. The van der Waals surface area contributed by atoms with Crippen LogP contribution in [0.25, 0.3) is 0 Å². The van der Waals surface area contributed by atoms with Gasteiger partial charge in [-0.15, -0.1) is 0 Å². The third-order valence-corrected chi connectivity index (χ3v) is 1.51. The van der Waals surface area contributed by atoms with Gasteiger partial charge in [0.25, 0.3) is 0 Å². The average Bonchev–Trinajstić information content (AvgIpc) is 2.22. The minimum Gasteiger partial charge on any atom is -0.394 e. The lowest BCUT2D eigenvalue weighted by Gasteiger charge is -2.24. The first-order valence-electron chi connectivity index (χ1n) is 4.93. The maximum atomic E-state index is 8.96. The third-order valence-electron chi connectivity index (χ3n) is 1.51. The fraction of sp³-hybridized carbons (Fsp3) is 1.00. The number of hydrogen-bond donors (Lipinski definition) is 8. The second-order valence-electron chi connectivity index (χ2n) is 3.98. The summed E-state index contributed by atoms with van der Waals surface area (Å²) in [6.07, 6.45) is -6.39. The lowest BCUT2D eigenvalue weighted by atomic mass is 10.0. The highest BCUT2D eigenvalue weighted by molar-refractivity contribution is 4.79. The Balaban J connectivity index is 0. The van der Waals surface area contributed by atoms with Crippen LogP contribution in [0.5, 0.6) is 0 Å². The number of hydrogen-bond acceptors (Lipinski definition) is 8. The van der Waals surface area contributed by atoms with Crippen molar-refractivity contribution in [2.75, 3.05) is 13.2 Å². The summed E-state index contributed by atoms with van der Waals surface area (Å²) in [5.41, 5.74) is 0. The first kappa shape index (κ1) is 19.0. The Hall–Kier alpha value is -0.320. The first-order chi connectivity index (χ1) is 7.54. The van der Waals surface area contributed by atoms with Crippen molar-refractivity contribution in [3.8, 4) is 0 Å². The highest BCUT2D eigenvalue weighted by Crippen LogP contribution is 2.03. The van der Waals surface area contributed by atoms with Crippen molar-refractivity contribution in [1.82, 2.24) is 0 Å². The molecular formula is C9H22O8. The van der Waals surface area contributed by atoms with Gasteiger partial charge in [0.15, 0.2) is 5.79 Å². The fourth-order valence-electron chi connectivity index (χ4n) is 0.671. The minimum absolute atomic E-state index is 0.726. The van der Waals surface area contributed by atoms with Crippen molar-refractivity contribution in [3.05, 3.63) is 0 Å². The first-order valence-corrected chi connectivity index (χ1v) is 4.93. The molecule has 4 atom stereocenters. The zero-order valence-electron chi connectivity index (χ0n) is 9.80. The van der Waals surface area contributed by atoms with Crippen LogP contribution in [0.15, 0.2) is 0 Å². The summed E-state index contributed by atoms with van der Waals surface area (Å²) >= 11 is 0. The zero-order valence-corrected chi connectivity index (χ0v) is 9.80. The number of aliphatic hydroxyl groups is 8. The number of rotatable bonds is 5. The van der Waals surface area contributed by atoms with Crippen molar-refractivity contribution >= 4 is 0 Å². The van der Waals surface area contributed by atoms with Crippen LogP contribution in [0.4, 0.5) is 0 Å². The smallest absolute Gasteiger partial charge is 0.156 e. The van der Waals surface area contributed by atoms with Gasteiger partial charge >= 0.3 is 0 Å². The molecule has 0 aromatic carbocycles. The van der Waals surface area contributed by atoms with Gasteiger partial charge in [-0.3, -0.25) is 0 Å². The summed E-state index contributed by atoms with van der Waals surface area (Å²) in [5.74, 6) is -1.50. The predicted molar refractivity (Wildman–Crippen MR) is 56.7 cm³/mol. The van der Waals surface area contributed by atoms with Crippen LogP contribution in [0, 0.1) is 0 Å². The topological polar surface area (TPSA) is 162 Å². The molecule has 8 nitrogen and oxygen atoms in total. The highest BCUT2D eigenvalue weighted by atomic mass is 16.5. The maximum absolute atomic E-state index is 8.96. The van der Waals surface area contributed by atoms with E-state index in [1.54, 1.807) is 0 Å². The molecular weight excluding hydrogens is 236 g/mol. The van der Waals surface area contributed by atoms with Crippen molar-refractivity contribution in [3.63, 3.8) is 0 Å². The summed E-state index contributed by atoms with van der Waals surface area (Å²) in [6, 6.07) is 0. The summed E-state index contributed by atoms with van der Waals surface area (Å²) in [4.78, 5) is 0. The van der Waals surface area contributed by atoms with Crippen LogP contribution in [-0.4, -0.2) is 84.3 Å². The lowest BCUT2D eigenvalue weighted by Crippen LogP contribution is -2.46. The van der Waals surface area contributed by atoms with Crippen molar-refractivity contribution in [1.29, 1.82) is 0 Å². The molecule has 0 saturated heterocycles. The Labute approximate surface area is 99.0 Å². The van der Waals surface area contributed by atoms with Crippen LogP contribution >= 0.6 is 0 Å². The summed E-state index contributed by atoms with van der Waals surface area (Å²) in [5, 5.41) is 68.3. The van der Waals surface area contributed by atoms with Crippen LogP contribution in [0.2, 0.25) is 0 Å². The van der Waals surface area contributed by atoms with Crippen LogP contribution < -0.4 is 0 Å². The standard InChI is InChI=1S/C6H14O6.C3H8O2/c7-1-3(9)5(11)6(12)4(10)2-8;1-3(2,4)5/h3-12H,1-2H2;4-5H,1-2H3. The van der Waals surface area contributed by atoms with Gasteiger partial charge in [0.2, 0.25) is 0 Å². The molecule has 0 spiro atoms. The molecule has 0 aliphatic rings. The van der Waals surface area contributed by atoms with Crippen molar-refractivity contribution < 1.29 is 40.9 Å². The van der Waals surface area contributed by atoms with E-state index >= 15 is 0 Å². The average molecular weight is 258 g/mol. The molecule has 0 aromatic rings. The molecule has 0 rings (SSSR count). The van der Waals surface area contributed by atoms with Crippen LogP contribution in [0.1, 0.15) is 13.8 Å². The molecule has 8 heteroatoms. The van der Waals surface area contributed by atoms with E-state index in [-0.39, 0.29) is 0 Å². The van der Waals surface area contributed by atoms with E-state index in [1.165, 1.54) is 13.8 Å². The Bertz CT molecular complexity index is 160. The molecule has 0 aromatic heterocycles. The molecule has 0 fully saturated rings. The van der Waals surface area contributed by atoms with Gasteiger partial charge in [-0.25, -0.2) is 0 Å². The zero-order chi connectivity index (χ0) is 14.2. The lowest BCUT2D eigenvalue weighted by molar-refractivity contribution is -0.127. The molecule has 0 aliphatic carbocycles. The van der Waals surface area contributed by atoms with Gasteiger partial charge in [-0.05, 0) is 13.8 Å². The normalized spacial score (nSPS) is 18.7. The second-order valence-corrected chi connectivity index (χ2v) is 3.98. The molecule has 0 aliphatic heterocycles. The molecule has 0 saturated carbocycles. The maximum Gasteiger partial charge on any atom is 0.156 e. The third kappa shape index (κ3) is 11.9. The van der Waals surface area contributed by atoms with Gasteiger partial charge in [-0.1, -0.05) is 0 Å². The van der Waals surface area contributed by atoms with Crippen molar-refractivity contribution in [2.24, 2.45) is 0 Å². The van der Waals surface area contributed by atoms with E-state index < -0.39 is 43.4 Å². The quantitative estimate of drug-likeness (QED) is 0.232. The van der Waals surface area contributed by atoms with Crippen molar-refractivity contribution in [2.45, 2.75) is 44.1 Å². The van der Waals surface area contributed by atoms with E-state index in [0.29, 0.717) is 0 Å². The Morgan fingerprint density at radius 3 is 1.06 bits per heavy atom. The van der Waals surface area contributed by atoms with Gasteiger partial charge < -0.3 is 40.9 Å². The molecule has 0 radical (unpaired) electrons. The van der Waals surface area contributed by atoms with E-state index in [9.17, 15) is 0 Å². The predicted octanol–water partition coefficient (Wildman–Crippen LogP) is -3.88. The fourth-order valence-corrected chi connectivity index (χ4v) is 0.671. The molecule has 0 heterocycles. The Morgan fingerprint density at radius 1 is 0.765 bits per heavy atom. The van der Waals surface area contributed by atoms with Gasteiger partial charge in [-0.2, -0.15) is 0 Å². The monoisotopic (exact) mass is 258 g/mol. The largest absolute Gasteiger partial charge is 0.394 e. The molecule has 8 N–H and O–H groups in total. The molecule has 0 amide bonds. The van der Waals surface area contributed by atoms with E-state index in [2.05, 4.69) is 0 Å². The summed E-state index contributed by atoms with van der Waals surface area (Å²) in [7, 11) is 0. The van der Waals surface area contributed by atoms with Gasteiger partial charge in [0, 0.05) is 0 Å². The Morgan fingerprint density at radius 2 is 0.941 bits per heavy atom. The summed E-state index contributed by atoms with van der Waals surface area (Å²) in [6.45, 7) is 1.15. The molecule has 17 heavy (non-hydrogen) atoms. The van der Waals surface area contributed by atoms with Gasteiger partial charge in [0.05, 0.1) is 13.2 Å². The van der Waals surface area contributed by atoms with E-state index in [4.69, 9.17) is 40.9 Å². The number of aliphatic hydroxyl groups excluding tert-OH is 6. The Kier molecular flexibility index (Phi) is 9.77. The molecule has 4 unspecified atom stereocenters. The summed E-state index contributed by atoms with van der Waals surface area (Å²) < 4.78 is 0.